The number of hydrogen-bond donors (Lipinski definition) is 1. The third-order valence-corrected chi connectivity index (χ3v) is 2.89. The van der Waals surface area contributed by atoms with Gasteiger partial charge >= 0.3 is 0 Å². The molecule has 1 fully saturated rings. The number of ether oxygens (including phenoxy) is 3. The maximum atomic E-state index is 9.24. The molecule has 0 amide bonds. The monoisotopic (exact) mass is 218 g/mol. The van der Waals surface area contributed by atoms with Gasteiger partial charge in [0.15, 0.2) is 5.79 Å². The third-order valence-electron chi connectivity index (χ3n) is 2.89. The van der Waals surface area contributed by atoms with Gasteiger partial charge in [-0.3, -0.25) is 0 Å². The molecule has 0 saturated carbocycles. The molecule has 1 aliphatic heterocycles. The summed E-state index contributed by atoms with van der Waals surface area (Å²) >= 11 is 0. The molecule has 0 aromatic rings. The Kier molecular flexibility index (Phi) is 4.52. The number of aliphatic hydroxyl groups excluding tert-OH is 1. The van der Waals surface area contributed by atoms with Crippen LogP contribution in [0.2, 0.25) is 0 Å². The lowest BCUT2D eigenvalue weighted by Gasteiger charge is -2.28. The molecule has 4 heteroatoms. The summed E-state index contributed by atoms with van der Waals surface area (Å²) in [7, 11) is 1.65. The van der Waals surface area contributed by atoms with E-state index < -0.39 is 5.79 Å². The fraction of sp³-hybridized carbons (Fsp3) is 1.00. The van der Waals surface area contributed by atoms with Gasteiger partial charge in [-0.1, -0.05) is 6.92 Å². The molecule has 90 valence electrons. The summed E-state index contributed by atoms with van der Waals surface area (Å²) in [6, 6.07) is 0. The molecule has 0 bridgehead atoms. The van der Waals surface area contributed by atoms with Gasteiger partial charge in [0.05, 0.1) is 12.7 Å². The van der Waals surface area contributed by atoms with E-state index in [-0.39, 0.29) is 24.7 Å². The minimum Gasteiger partial charge on any atom is -0.396 e. The van der Waals surface area contributed by atoms with Gasteiger partial charge < -0.3 is 19.3 Å². The van der Waals surface area contributed by atoms with Gasteiger partial charge in [-0.2, -0.15) is 0 Å². The Hall–Kier alpha value is -0.160. The summed E-state index contributed by atoms with van der Waals surface area (Å²) in [6.07, 6.45) is 0.693. The van der Waals surface area contributed by atoms with Crippen molar-refractivity contribution in [1.29, 1.82) is 0 Å². The third kappa shape index (κ3) is 3.14. The van der Waals surface area contributed by atoms with Gasteiger partial charge in [-0.15, -0.1) is 0 Å². The zero-order valence-electron chi connectivity index (χ0n) is 10.0. The van der Waals surface area contributed by atoms with Crippen LogP contribution in [0, 0.1) is 5.92 Å². The molecule has 1 saturated heterocycles. The van der Waals surface area contributed by atoms with Crippen LogP contribution in [-0.4, -0.2) is 43.4 Å². The Morgan fingerprint density at radius 3 is 2.53 bits per heavy atom. The molecule has 0 unspecified atom stereocenters. The Labute approximate surface area is 91.5 Å². The zero-order valence-corrected chi connectivity index (χ0v) is 10.0. The van der Waals surface area contributed by atoms with Crippen LogP contribution < -0.4 is 0 Å². The van der Waals surface area contributed by atoms with Gasteiger partial charge in [0.2, 0.25) is 0 Å². The molecular weight excluding hydrogens is 196 g/mol. The van der Waals surface area contributed by atoms with Crippen molar-refractivity contribution < 1.29 is 19.3 Å². The number of methoxy groups -OCH3 is 1. The Morgan fingerprint density at radius 2 is 2.20 bits per heavy atom. The minimum atomic E-state index is -0.533. The topological polar surface area (TPSA) is 47.9 Å². The lowest BCUT2D eigenvalue weighted by Crippen LogP contribution is -2.39. The number of aliphatic hydroxyl groups is 1. The van der Waals surface area contributed by atoms with Gasteiger partial charge in [0, 0.05) is 19.6 Å². The molecule has 1 aliphatic rings. The van der Waals surface area contributed by atoms with Crippen LogP contribution in [0.5, 0.6) is 0 Å². The van der Waals surface area contributed by atoms with Crippen molar-refractivity contribution in [3.05, 3.63) is 0 Å². The highest BCUT2D eigenvalue weighted by molar-refractivity contribution is 4.82. The highest BCUT2D eigenvalue weighted by Gasteiger charge is 2.40. The lowest BCUT2D eigenvalue weighted by atomic mass is 9.96. The van der Waals surface area contributed by atoms with E-state index in [1.165, 1.54) is 0 Å². The van der Waals surface area contributed by atoms with E-state index in [4.69, 9.17) is 14.2 Å². The molecule has 0 aromatic carbocycles. The van der Waals surface area contributed by atoms with Gasteiger partial charge in [-0.05, 0) is 20.3 Å². The molecule has 1 rings (SSSR count). The second-order valence-corrected chi connectivity index (χ2v) is 4.42. The smallest absolute Gasteiger partial charge is 0.163 e. The summed E-state index contributed by atoms with van der Waals surface area (Å²) in [4.78, 5) is 0. The van der Waals surface area contributed by atoms with E-state index in [9.17, 15) is 5.11 Å². The first kappa shape index (κ1) is 12.9. The van der Waals surface area contributed by atoms with Crippen molar-refractivity contribution in [2.24, 2.45) is 5.92 Å². The fourth-order valence-electron chi connectivity index (χ4n) is 1.99. The summed E-state index contributed by atoms with van der Waals surface area (Å²) in [5.74, 6) is -0.424. The Balaban J connectivity index is 2.59. The molecule has 0 radical (unpaired) electrons. The van der Waals surface area contributed by atoms with E-state index in [0.717, 1.165) is 6.42 Å². The van der Waals surface area contributed by atoms with E-state index in [0.29, 0.717) is 6.61 Å². The SMILES string of the molecule is CC[C@H](CO)[C@H](OC)[C@@H]1COC(C)(C)O1. The Morgan fingerprint density at radius 1 is 1.53 bits per heavy atom. The van der Waals surface area contributed by atoms with E-state index in [1.54, 1.807) is 7.11 Å². The zero-order chi connectivity index (χ0) is 11.5. The van der Waals surface area contributed by atoms with Crippen LogP contribution in [0.1, 0.15) is 27.2 Å². The van der Waals surface area contributed by atoms with Crippen molar-refractivity contribution in [3.63, 3.8) is 0 Å². The summed E-state index contributed by atoms with van der Waals surface area (Å²) in [5, 5.41) is 9.24. The van der Waals surface area contributed by atoms with Gasteiger partial charge in [-0.25, -0.2) is 0 Å². The average molecular weight is 218 g/mol. The molecular formula is C11H22O4. The molecule has 3 atom stereocenters. The lowest BCUT2D eigenvalue weighted by molar-refractivity contribution is -0.160. The summed E-state index contributed by atoms with van der Waals surface area (Å²) in [5.41, 5.74) is 0. The van der Waals surface area contributed by atoms with Crippen molar-refractivity contribution in [2.45, 2.75) is 45.2 Å². The van der Waals surface area contributed by atoms with Crippen molar-refractivity contribution in [2.75, 3.05) is 20.3 Å². The van der Waals surface area contributed by atoms with Crippen LogP contribution in [-0.2, 0) is 14.2 Å². The van der Waals surface area contributed by atoms with Crippen LogP contribution in [0.25, 0.3) is 0 Å². The van der Waals surface area contributed by atoms with E-state index >= 15 is 0 Å². The second kappa shape index (κ2) is 5.25. The molecule has 1 heterocycles. The standard InChI is InChI=1S/C11H22O4/c1-5-8(6-12)10(13-4)9-7-14-11(2,3)15-9/h8-10,12H,5-7H2,1-4H3/t8-,9+,10+/m1/s1. The Bertz CT molecular complexity index is 189. The molecule has 1 N–H and O–H groups in total. The predicted octanol–water partition coefficient (Wildman–Crippen LogP) is 1.17. The van der Waals surface area contributed by atoms with Crippen molar-refractivity contribution in [1.82, 2.24) is 0 Å². The van der Waals surface area contributed by atoms with E-state index in [2.05, 4.69) is 0 Å². The largest absolute Gasteiger partial charge is 0.396 e. The first-order valence-electron chi connectivity index (χ1n) is 5.49. The minimum absolute atomic E-state index is 0.0814. The number of hydrogen-bond acceptors (Lipinski definition) is 4. The first-order chi connectivity index (χ1) is 7.04. The molecule has 0 aliphatic carbocycles. The maximum Gasteiger partial charge on any atom is 0.163 e. The van der Waals surface area contributed by atoms with Crippen LogP contribution in [0.3, 0.4) is 0 Å². The second-order valence-electron chi connectivity index (χ2n) is 4.42. The van der Waals surface area contributed by atoms with Crippen molar-refractivity contribution in [3.8, 4) is 0 Å². The van der Waals surface area contributed by atoms with Gasteiger partial charge in [0.1, 0.15) is 6.10 Å². The predicted molar refractivity (Wildman–Crippen MR) is 56.6 cm³/mol. The van der Waals surface area contributed by atoms with Crippen molar-refractivity contribution >= 4 is 0 Å². The average Bonchev–Trinajstić information content (AvgIpc) is 2.54. The molecule has 15 heavy (non-hydrogen) atoms. The highest BCUT2D eigenvalue weighted by Crippen LogP contribution is 2.28. The fourth-order valence-corrected chi connectivity index (χ4v) is 1.99. The van der Waals surface area contributed by atoms with Crippen LogP contribution >= 0.6 is 0 Å². The summed E-state index contributed by atoms with van der Waals surface area (Å²) in [6.45, 7) is 6.46. The van der Waals surface area contributed by atoms with Crippen LogP contribution in [0.15, 0.2) is 0 Å². The molecule has 0 spiro atoms. The first-order valence-corrected chi connectivity index (χ1v) is 5.49. The van der Waals surface area contributed by atoms with Gasteiger partial charge in [0.25, 0.3) is 0 Å². The summed E-state index contributed by atoms with van der Waals surface area (Å²) < 4.78 is 16.6. The normalized spacial score (nSPS) is 29.0. The van der Waals surface area contributed by atoms with Crippen LogP contribution in [0.4, 0.5) is 0 Å². The number of rotatable bonds is 5. The maximum absolute atomic E-state index is 9.24. The van der Waals surface area contributed by atoms with E-state index in [1.807, 2.05) is 20.8 Å². The highest BCUT2D eigenvalue weighted by atomic mass is 16.7. The molecule has 4 nitrogen and oxygen atoms in total. The quantitative estimate of drug-likeness (QED) is 0.752. The molecule has 0 aromatic heterocycles.